The zero-order valence-corrected chi connectivity index (χ0v) is 14.9. The average molecular weight is 343 g/mol. The molecule has 136 valence electrons. The van der Waals surface area contributed by atoms with Crippen molar-refractivity contribution in [2.75, 3.05) is 26.2 Å². The van der Waals surface area contributed by atoms with Crippen LogP contribution in [0.15, 0.2) is 24.3 Å². The first-order valence-electron chi connectivity index (χ1n) is 9.59. The second-order valence-electron chi connectivity index (χ2n) is 7.20. The molecule has 1 aliphatic carbocycles. The summed E-state index contributed by atoms with van der Waals surface area (Å²) in [6.45, 7) is 4.45. The fourth-order valence-corrected chi connectivity index (χ4v) is 3.73. The minimum absolute atomic E-state index is 0.0271. The van der Waals surface area contributed by atoms with Crippen molar-refractivity contribution in [3.8, 4) is 0 Å². The maximum absolute atomic E-state index is 12.2. The second kappa shape index (κ2) is 8.99. The van der Waals surface area contributed by atoms with Gasteiger partial charge in [0, 0.05) is 31.1 Å². The van der Waals surface area contributed by atoms with Crippen LogP contribution in [-0.2, 0) is 11.3 Å². The molecule has 1 saturated carbocycles. The van der Waals surface area contributed by atoms with E-state index >= 15 is 0 Å². The molecule has 1 heterocycles. The number of hydrogen-bond acceptors (Lipinski definition) is 3. The Morgan fingerprint density at radius 2 is 1.64 bits per heavy atom. The number of carbonyl (C=O) groups is 2. The molecule has 3 rings (SSSR count). The highest BCUT2D eigenvalue weighted by Gasteiger charge is 2.22. The van der Waals surface area contributed by atoms with Gasteiger partial charge in [-0.3, -0.25) is 9.59 Å². The van der Waals surface area contributed by atoms with Crippen molar-refractivity contribution < 1.29 is 9.59 Å². The summed E-state index contributed by atoms with van der Waals surface area (Å²) in [5.41, 5.74) is 1.70. The molecule has 0 radical (unpaired) electrons. The van der Waals surface area contributed by atoms with E-state index in [-0.39, 0.29) is 17.7 Å². The molecular formula is C20H29N3O2. The Kier molecular flexibility index (Phi) is 6.45. The Balaban J connectivity index is 1.39. The van der Waals surface area contributed by atoms with Crippen molar-refractivity contribution in [1.82, 2.24) is 15.5 Å². The molecule has 0 unspecified atom stereocenters. The maximum atomic E-state index is 12.2. The predicted molar refractivity (Wildman–Crippen MR) is 98.3 cm³/mol. The average Bonchev–Trinajstić information content (AvgIpc) is 3.34. The van der Waals surface area contributed by atoms with Gasteiger partial charge in [-0.25, -0.2) is 0 Å². The first kappa shape index (κ1) is 17.9. The highest BCUT2D eigenvalue weighted by atomic mass is 16.2. The molecule has 1 saturated heterocycles. The van der Waals surface area contributed by atoms with Gasteiger partial charge in [-0.2, -0.15) is 0 Å². The molecule has 2 aliphatic rings. The van der Waals surface area contributed by atoms with Crippen LogP contribution in [0.25, 0.3) is 0 Å². The molecule has 5 heteroatoms. The number of likely N-dealkylation sites (tertiary alicyclic amines) is 1. The summed E-state index contributed by atoms with van der Waals surface area (Å²) in [7, 11) is 0. The van der Waals surface area contributed by atoms with Crippen LogP contribution in [0.3, 0.4) is 0 Å². The highest BCUT2D eigenvalue weighted by Crippen LogP contribution is 2.24. The summed E-state index contributed by atoms with van der Waals surface area (Å²) in [6.07, 6.45) is 6.91. The Morgan fingerprint density at radius 3 is 2.32 bits per heavy atom. The van der Waals surface area contributed by atoms with E-state index in [1.807, 2.05) is 24.3 Å². The van der Waals surface area contributed by atoms with Gasteiger partial charge in [-0.1, -0.05) is 25.0 Å². The quantitative estimate of drug-likeness (QED) is 0.799. The van der Waals surface area contributed by atoms with E-state index in [9.17, 15) is 9.59 Å². The lowest BCUT2D eigenvalue weighted by atomic mass is 10.1. The normalized spacial score (nSPS) is 18.4. The van der Waals surface area contributed by atoms with Crippen molar-refractivity contribution in [1.29, 1.82) is 0 Å². The van der Waals surface area contributed by atoms with Gasteiger partial charge in [0.1, 0.15) is 0 Å². The molecule has 25 heavy (non-hydrogen) atoms. The van der Waals surface area contributed by atoms with Crippen molar-refractivity contribution >= 4 is 11.8 Å². The van der Waals surface area contributed by atoms with Gasteiger partial charge in [-0.15, -0.1) is 0 Å². The van der Waals surface area contributed by atoms with E-state index in [0.717, 1.165) is 38.0 Å². The van der Waals surface area contributed by atoms with E-state index in [1.54, 1.807) is 0 Å². The van der Waals surface area contributed by atoms with Gasteiger partial charge < -0.3 is 15.5 Å². The molecule has 5 nitrogen and oxygen atoms in total. The number of rotatable bonds is 7. The van der Waals surface area contributed by atoms with Crippen molar-refractivity contribution in [3.63, 3.8) is 0 Å². The minimum atomic E-state index is -0.0271. The van der Waals surface area contributed by atoms with Crippen LogP contribution >= 0.6 is 0 Å². The number of nitrogens with one attached hydrogen (secondary N) is 2. The van der Waals surface area contributed by atoms with Gasteiger partial charge in [-0.05, 0) is 56.5 Å². The molecule has 1 aromatic carbocycles. The zero-order valence-electron chi connectivity index (χ0n) is 14.9. The van der Waals surface area contributed by atoms with Crippen LogP contribution in [-0.4, -0.2) is 42.9 Å². The third kappa shape index (κ3) is 5.30. The SMILES string of the molecule is O=C(NCCN1CCCC1)c1ccc(CNC(=O)C2CCCC2)cc1. The van der Waals surface area contributed by atoms with Gasteiger partial charge in [0.2, 0.25) is 5.91 Å². The first-order chi connectivity index (χ1) is 12.2. The number of hydrogen-bond donors (Lipinski definition) is 2. The van der Waals surface area contributed by atoms with Gasteiger partial charge in [0.25, 0.3) is 5.91 Å². The molecule has 0 aromatic heterocycles. The molecule has 0 bridgehead atoms. The van der Waals surface area contributed by atoms with Crippen LogP contribution in [0.5, 0.6) is 0 Å². The van der Waals surface area contributed by atoms with Crippen LogP contribution < -0.4 is 10.6 Å². The minimum Gasteiger partial charge on any atom is -0.352 e. The third-order valence-corrected chi connectivity index (χ3v) is 5.32. The van der Waals surface area contributed by atoms with E-state index in [1.165, 1.54) is 25.7 Å². The number of carbonyl (C=O) groups excluding carboxylic acids is 2. The first-order valence-corrected chi connectivity index (χ1v) is 9.59. The second-order valence-corrected chi connectivity index (χ2v) is 7.20. The van der Waals surface area contributed by atoms with Gasteiger partial charge in [0.15, 0.2) is 0 Å². The van der Waals surface area contributed by atoms with Crippen LogP contribution in [0.4, 0.5) is 0 Å². The van der Waals surface area contributed by atoms with E-state index in [0.29, 0.717) is 18.7 Å². The summed E-state index contributed by atoms with van der Waals surface area (Å²) in [5.74, 6) is 0.336. The largest absolute Gasteiger partial charge is 0.352 e. The summed E-state index contributed by atoms with van der Waals surface area (Å²) >= 11 is 0. The lowest BCUT2D eigenvalue weighted by molar-refractivity contribution is -0.124. The molecule has 1 aliphatic heterocycles. The highest BCUT2D eigenvalue weighted by molar-refractivity contribution is 5.94. The van der Waals surface area contributed by atoms with Gasteiger partial charge in [0.05, 0.1) is 0 Å². The van der Waals surface area contributed by atoms with E-state index < -0.39 is 0 Å². The third-order valence-electron chi connectivity index (χ3n) is 5.32. The number of amides is 2. The van der Waals surface area contributed by atoms with Crippen molar-refractivity contribution in [2.45, 2.75) is 45.1 Å². The number of nitrogens with zero attached hydrogens (tertiary/aromatic N) is 1. The summed E-state index contributed by atoms with van der Waals surface area (Å²) < 4.78 is 0. The zero-order chi connectivity index (χ0) is 17.5. The van der Waals surface area contributed by atoms with Crippen LogP contribution in [0.1, 0.15) is 54.4 Å². The summed E-state index contributed by atoms with van der Waals surface area (Å²) in [4.78, 5) is 26.6. The number of benzene rings is 1. The van der Waals surface area contributed by atoms with Crippen LogP contribution in [0, 0.1) is 5.92 Å². The lowest BCUT2D eigenvalue weighted by Crippen LogP contribution is -2.33. The monoisotopic (exact) mass is 343 g/mol. The summed E-state index contributed by atoms with van der Waals surface area (Å²) in [5, 5.41) is 5.99. The maximum Gasteiger partial charge on any atom is 0.251 e. The molecule has 1 aromatic rings. The van der Waals surface area contributed by atoms with E-state index in [4.69, 9.17) is 0 Å². The Labute approximate surface area is 150 Å². The topological polar surface area (TPSA) is 61.4 Å². The Hall–Kier alpha value is -1.88. The fraction of sp³-hybridized carbons (Fsp3) is 0.600. The molecular weight excluding hydrogens is 314 g/mol. The standard InChI is InChI=1S/C20H29N3O2/c24-19(21-11-14-23-12-3-4-13-23)18-9-7-16(8-10-18)15-22-20(25)17-5-1-2-6-17/h7-10,17H,1-6,11-15H2,(H,21,24)(H,22,25). The molecule has 0 atom stereocenters. The summed E-state index contributed by atoms with van der Waals surface area (Å²) in [6, 6.07) is 7.51. The predicted octanol–water partition coefficient (Wildman–Crippen LogP) is 2.32. The molecule has 2 fully saturated rings. The Bertz CT molecular complexity index is 573. The van der Waals surface area contributed by atoms with Gasteiger partial charge >= 0.3 is 0 Å². The van der Waals surface area contributed by atoms with Crippen LogP contribution in [0.2, 0.25) is 0 Å². The Morgan fingerprint density at radius 1 is 0.960 bits per heavy atom. The lowest BCUT2D eigenvalue weighted by Gasteiger charge is -2.14. The molecule has 2 amide bonds. The smallest absolute Gasteiger partial charge is 0.251 e. The van der Waals surface area contributed by atoms with Crippen molar-refractivity contribution in [2.24, 2.45) is 5.92 Å². The molecule has 2 N–H and O–H groups in total. The van der Waals surface area contributed by atoms with E-state index in [2.05, 4.69) is 15.5 Å². The fourth-order valence-electron chi connectivity index (χ4n) is 3.73. The van der Waals surface area contributed by atoms with Crippen molar-refractivity contribution in [3.05, 3.63) is 35.4 Å². The molecule has 0 spiro atoms.